The molecular weight excluding hydrogens is 218 g/mol. The van der Waals surface area contributed by atoms with Crippen molar-refractivity contribution in [2.24, 2.45) is 0 Å². The molecular formula is C8H13N3O3S. The van der Waals surface area contributed by atoms with Crippen molar-refractivity contribution in [3.8, 4) is 0 Å². The lowest BCUT2D eigenvalue weighted by Gasteiger charge is -2.07. The van der Waals surface area contributed by atoms with Crippen molar-refractivity contribution in [1.82, 2.24) is 9.55 Å². The fourth-order valence-corrected chi connectivity index (χ4v) is 1.89. The van der Waals surface area contributed by atoms with Gasteiger partial charge in [-0.2, -0.15) is 0 Å². The summed E-state index contributed by atoms with van der Waals surface area (Å²) in [6, 6.07) is 0. The molecule has 0 aliphatic rings. The molecule has 0 bridgehead atoms. The fourth-order valence-electron chi connectivity index (χ4n) is 1.22. The summed E-state index contributed by atoms with van der Waals surface area (Å²) in [7, 11) is 0. The summed E-state index contributed by atoms with van der Waals surface area (Å²) in [5, 5.41) is 10.6. The summed E-state index contributed by atoms with van der Waals surface area (Å²) < 4.78 is 12.7. The monoisotopic (exact) mass is 231 g/mol. The first-order valence-electron chi connectivity index (χ1n) is 4.57. The minimum atomic E-state index is -0.913. The minimum Gasteiger partial charge on any atom is -0.616 e. The zero-order valence-electron chi connectivity index (χ0n) is 8.67. The van der Waals surface area contributed by atoms with Crippen molar-refractivity contribution < 1.29 is 9.48 Å². The van der Waals surface area contributed by atoms with E-state index in [9.17, 15) is 14.7 Å². The van der Waals surface area contributed by atoms with E-state index < -0.39 is 16.1 Å². The quantitative estimate of drug-likeness (QED) is 0.427. The van der Waals surface area contributed by atoms with E-state index in [0.29, 0.717) is 23.9 Å². The predicted molar refractivity (Wildman–Crippen MR) is 57.2 cm³/mol. The first kappa shape index (κ1) is 12.0. The third-order valence-electron chi connectivity index (χ3n) is 2.09. The van der Waals surface area contributed by atoms with Gasteiger partial charge < -0.3 is 14.7 Å². The molecule has 1 unspecified atom stereocenters. The van der Waals surface area contributed by atoms with Crippen molar-refractivity contribution >= 4 is 17.0 Å². The SMILES string of the molecule is CC[S+]([O-])CCn1c([N+](=O)[O-])cnc1C. The largest absolute Gasteiger partial charge is 0.616 e. The van der Waals surface area contributed by atoms with Gasteiger partial charge in [0.05, 0.1) is 0 Å². The van der Waals surface area contributed by atoms with Crippen molar-refractivity contribution in [1.29, 1.82) is 0 Å². The van der Waals surface area contributed by atoms with Crippen LogP contribution in [0.2, 0.25) is 0 Å². The highest BCUT2D eigenvalue weighted by atomic mass is 32.2. The Morgan fingerprint density at radius 3 is 2.87 bits per heavy atom. The van der Waals surface area contributed by atoms with E-state index in [-0.39, 0.29) is 5.82 Å². The maximum Gasteiger partial charge on any atom is 0.343 e. The third-order valence-corrected chi connectivity index (χ3v) is 3.37. The number of hydrogen-bond donors (Lipinski definition) is 0. The van der Waals surface area contributed by atoms with Gasteiger partial charge in [-0.15, -0.1) is 0 Å². The Morgan fingerprint density at radius 2 is 2.33 bits per heavy atom. The van der Waals surface area contributed by atoms with E-state index in [1.165, 1.54) is 10.8 Å². The van der Waals surface area contributed by atoms with Crippen molar-refractivity contribution in [2.45, 2.75) is 20.4 Å². The molecule has 0 fully saturated rings. The van der Waals surface area contributed by atoms with Gasteiger partial charge in [-0.05, 0) is 11.8 Å². The van der Waals surface area contributed by atoms with Gasteiger partial charge in [0.25, 0.3) is 0 Å². The van der Waals surface area contributed by atoms with Crippen LogP contribution in [0.25, 0.3) is 0 Å². The lowest BCUT2D eigenvalue weighted by Crippen LogP contribution is -2.16. The second-order valence-corrected chi connectivity index (χ2v) is 4.87. The Kier molecular flexibility index (Phi) is 4.10. The van der Waals surface area contributed by atoms with E-state index >= 15 is 0 Å². The molecule has 1 rings (SSSR count). The molecule has 0 radical (unpaired) electrons. The van der Waals surface area contributed by atoms with Gasteiger partial charge in [0.2, 0.25) is 0 Å². The molecule has 1 aromatic heterocycles. The van der Waals surface area contributed by atoms with E-state index in [1.54, 1.807) is 6.92 Å². The Morgan fingerprint density at radius 1 is 1.67 bits per heavy atom. The van der Waals surface area contributed by atoms with Gasteiger partial charge in [-0.1, -0.05) is 11.2 Å². The van der Waals surface area contributed by atoms with Crippen LogP contribution in [0, 0.1) is 17.0 Å². The molecule has 0 N–H and O–H groups in total. The summed E-state index contributed by atoms with van der Waals surface area (Å²) >= 11 is -0.913. The molecule has 15 heavy (non-hydrogen) atoms. The zero-order valence-corrected chi connectivity index (χ0v) is 9.49. The van der Waals surface area contributed by atoms with Crippen LogP contribution in [0.5, 0.6) is 0 Å². The number of rotatable bonds is 5. The average molecular weight is 231 g/mol. The minimum absolute atomic E-state index is 0.0411. The molecule has 0 amide bonds. The van der Waals surface area contributed by atoms with Crippen molar-refractivity contribution in [3.63, 3.8) is 0 Å². The standard InChI is InChI=1S/C8H13N3O3S/c1-3-15(14)5-4-10-7(2)9-6-8(10)11(12)13/h6H,3-5H2,1-2H3. The second-order valence-electron chi connectivity index (χ2n) is 3.00. The predicted octanol–water partition coefficient (Wildman–Crippen LogP) is 0.868. The number of nitro groups is 1. The number of imidazole rings is 1. The number of aryl methyl sites for hydroxylation is 1. The van der Waals surface area contributed by atoms with Crippen LogP contribution in [0.1, 0.15) is 12.7 Å². The molecule has 0 aliphatic heterocycles. The maximum absolute atomic E-state index is 11.2. The summed E-state index contributed by atoms with van der Waals surface area (Å²) in [4.78, 5) is 14.0. The first-order valence-corrected chi connectivity index (χ1v) is 6.06. The number of nitrogens with zero attached hydrogens (tertiary/aromatic N) is 3. The highest BCUT2D eigenvalue weighted by molar-refractivity contribution is 7.91. The maximum atomic E-state index is 11.2. The smallest absolute Gasteiger partial charge is 0.343 e. The van der Waals surface area contributed by atoms with E-state index in [2.05, 4.69) is 4.98 Å². The highest BCUT2D eigenvalue weighted by Crippen LogP contribution is 2.13. The molecule has 84 valence electrons. The lowest BCUT2D eigenvalue weighted by atomic mass is 10.6. The first-order chi connectivity index (χ1) is 7.06. The van der Waals surface area contributed by atoms with Crippen LogP contribution >= 0.6 is 0 Å². The second kappa shape index (κ2) is 5.13. The summed E-state index contributed by atoms with van der Waals surface area (Å²) in [5.41, 5.74) is 0. The molecule has 0 saturated carbocycles. The van der Waals surface area contributed by atoms with E-state index in [4.69, 9.17) is 0 Å². The molecule has 7 heteroatoms. The van der Waals surface area contributed by atoms with Crippen LogP contribution in [0.15, 0.2) is 6.20 Å². The van der Waals surface area contributed by atoms with Crippen LogP contribution in [-0.2, 0) is 17.7 Å². The third kappa shape index (κ3) is 2.93. The van der Waals surface area contributed by atoms with Gasteiger partial charge in [-0.25, -0.2) is 9.55 Å². The topological polar surface area (TPSA) is 84.0 Å². The van der Waals surface area contributed by atoms with Gasteiger partial charge in [-0.3, -0.25) is 0 Å². The van der Waals surface area contributed by atoms with Crippen molar-refractivity contribution in [3.05, 3.63) is 22.1 Å². The summed E-state index contributed by atoms with van der Waals surface area (Å²) in [6.45, 7) is 3.90. The van der Waals surface area contributed by atoms with Crippen LogP contribution < -0.4 is 0 Å². The molecule has 1 heterocycles. The summed E-state index contributed by atoms with van der Waals surface area (Å²) in [6.07, 6.45) is 1.23. The van der Waals surface area contributed by atoms with Crippen LogP contribution in [-0.4, -0.2) is 30.5 Å². The Bertz CT molecular complexity index is 353. The molecule has 0 saturated heterocycles. The van der Waals surface area contributed by atoms with E-state index in [1.807, 2.05) is 6.92 Å². The van der Waals surface area contributed by atoms with Gasteiger partial charge in [0, 0.05) is 6.92 Å². The Hall–Kier alpha value is -1.08. The Balaban J connectivity index is 2.75. The molecule has 6 nitrogen and oxygen atoms in total. The van der Waals surface area contributed by atoms with Crippen LogP contribution in [0.4, 0.5) is 5.82 Å². The van der Waals surface area contributed by atoms with Crippen LogP contribution in [0.3, 0.4) is 0 Å². The van der Waals surface area contributed by atoms with Gasteiger partial charge in [0.15, 0.2) is 5.82 Å². The molecule has 1 atom stereocenters. The molecule has 0 spiro atoms. The zero-order chi connectivity index (χ0) is 11.4. The number of aromatic nitrogens is 2. The van der Waals surface area contributed by atoms with E-state index in [0.717, 1.165) is 0 Å². The normalized spacial score (nSPS) is 12.7. The summed E-state index contributed by atoms with van der Waals surface area (Å²) in [5.74, 6) is 1.53. The highest BCUT2D eigenvalue weighted by Gasteiger charge is 2.18. The van der Waals surface area contributed by atoms with Gasteiger partial charge >= 0.3 is 5.82 Å². The lowest BCUT2D eigenvalue weighted by molar-refractivity contribution is -0.392. The molecule has 0 aliphatic carbocycles. The molecule has 0 aromatic carbocycles. The Labute approximate surface area is 90.6 Å². The van der Waals surface area contributed by atoms with Crippen molar-refractivity contribution in [2.75, 3.05) is 11.5 Å². The number of hydrogen-bond acceptors (Lipinski definition) is 4. The molecule has 1 aromatic rings. The average Bonchev–Trinajstić information content (AvgIpc) is 2.56. The van der Waals surface area contributed by atoms with Gasteiger partial charge in [0.1, 0.15) is 24.2 Å². The fraction of sp³-hybridized carbons (Fsp3) is 0.625.